The van der Waals surface area contributed by atoms with Crippen LogP contribution in [0.5, 0.6) is 0 Å². The van der Waals surface area contributed by atoms with E-state index in [2.05, 4.69) is 5.32 Å². The number of benzene rings is 1. The van der Waals surface area contributed by atoms with Crippen LogP contribution in [0.1, 0.15) is 30.9 Å². The molecule has 6 heteroatoms. The molecule has 3 rings (SSSR count). The second kappa shape index (κ2) is 5.66. The molecule has 0 radical (unpaired) electrons. The van der Waals surface area contributed by atoms with E-state index in [-0.39, 0.29) is 29.4 Å². The first-order chi connectivity index (χ1) is 9.53. The smallest absolute Gasteiger partial charge is 0.150 e. The summed E-state index contributed by atoms with van der Waals surface area (Å²) in [6.45, 7) is 0. The SMILES string of the molecule is O=S1(=O)CCC(NC2CCSc3ccc(F)cc32)CC1. The molecule has 2 aliphatic rings. The monoisotopic (exact) mass is 315 g/mol. The van der Waals surface area contributed by atoms with Gasteiger partial charge in [-0.25, -0.2) is 12.8 Å². The molecule has 1 unspecified atom stereocenters. The Morgan fingerprint density at radius 3 is 2.70 bits per heavy atom. The van der Waals surface area contributed by atoms with E-state index in [0.717, 1.165) is 22.6 Å². The molecule has 0 aliphatic carbocycles. The third-order valence-electron chi connectivity index (χ3n) is 4.00. The van der Waals surface area contributed by atoms with Crippen LogP contribution in [0, 0.1) is 5.82 Å². The van der Waals surface area contributed by atoms with Crippen molar-refractivity contribution < 1.29 is 12.8 Å². The number of rotatable bonds is 2. The number of halogens is 1. The highest BCUT2D eigenvalue weighted by Gasteiger charge is 2.28. The number of fused-ring (bicyclic) bond motifs is 1. The lowest BCUT2D eigenvalue weighted by Gasteiger charge is -2.32. The molecule has 0 saturated carbocycles. The van der Waals surface area contributed by atoms with Gasteiger partial charge in [0.15, 0.2) is 0 Å². The molecule has 3 nitrogen and oxygen atoms in total. The quantitative estimate of drug-likeness (QED) is 0.911. The maximum atomic E-state index is 13.4. The Balaban J connectivity index is 1.72. The first-order valence-corrected chi connectivity index (χ1v) is 9.73. The van der Waals surface area contributed by atoms with Crippen molar-refractivity contribution in [1.82, 2.24) is 5.32 Å². The Morgan fingerprint density at radius 1 is 1.20 bits per heavy atom. The lowest BCUT2D eigenvalue weighted by Crippen LogP contribution is -2.40. The van der Waals surface area contributed by atoms with Gasteiger partial charge < -0.3 is 5.32 Å². The molecule has 110 valence electrons. The Morgan fingerprint density at radius 2 is 1.95 bits per heavy atom. The molecule has 0 aromatic heterocycles. The molecule has 0 spiro atoms. The number of hydrogen-bond donors (Lipinski definition) is 1. The van der Waals surface area contributed by atoms with Gasteiger partial charge >= 0.3 is 0 Å². The summed E-state index contributed by atoms with van der Waals surface area (Å²) in [6.07, 6.45) is 2.29. The molecule has 1 atom stereocenters. The van der Waals surface area contributed by atoms with E-state index in [1.165, 1.54) is 6.07 Å². The van der Waals surface area contributed by atoms with Gasteiger partial charge in [0, 0.05) is 17.0 Å². The van der Waals surface area contributed by atoms with E-state index < -0.39 is 9.84 Å². The molecule has 1 fully saturated rings. The summed E-state index contributed by atoms with van der Waals surface area (Å²) in [5.41, 5.74) is 1.02. The van der Waals surface area contributed by atoms with Crippen molar-refractivity contribution in [3.8, 4) is 0 Å². The van der Waals surface area contributed by atoms with Gasteiger partial charge in [-0.1, -0.05) is 0 Å². The predicted octanol–water partition coefficient (Wildman–Crippen LogP) is 2.53. The van der Waals surface area contributed by atoms with Crippen LogP contribution in [0.3, 0.4) is 0 Å². The lowest BCUT2D eigenvalue weighted by molar-refractivity contribution is 0.393. The zero-order chi connectivity index (χ0) is 14.2. The summed E-state index contributed by atoms with van der Waals surface area (Å²) in [4.78, 5) is 1.14. The summed E-state index contributed by atoms with van der Waals surface area (Å²) < 4.78 is 36.3. The second-order valence-corrected chi connectivity index (χ2v) is 8.91. The third kappa shape index (κ3) is 3.18. The number of hydrogen-bond acceptors (Lipinski definition) is 4. The van der Waals surface area contributed by atoms with Gasteiger partial charge in [-0.05, 0) is 48.8 Å². The van der Waals surface area contributed by atoms with Gasteiger partial charge in [-0.3, -0.25) is 0 Å². The normalized spacial score (nSPS) is 26.1. The lowest BCUT2D eigenvalue weighted by atomic mass is 10.0. The number of nitrogens with one attached hydrogen (secondary N) is 1. The van der Waals surface area contributed by atoms with Gasteiger partial charge in [0.2, 0.25) is 0 Å². The van der Waals surface area contributed by atoms with Crippen molar-refractivity contribution in [2.24, 2.45) is 0 Å². The minimum atomic E-state index is -2.83. The molecule has 1 aromatic rings. The van der Waals surface area contributed by atoms with E-state index in [0.29, 0.717) is 12.8 Å². The second-order valence-electron chi connectivity index (χ2n) is 5.46. The number of thioether (sulfide) groups is 1. The van der Waals surface area contributed by atoms with Crippen molar-refractivity contribution in [2.75, 3.05) is 17.3 Å². The average Bonchev–Trinajstić information content (AvgIpc) is 2.42. The molecule has 20 heavy (non-hydrogen) atoms. The van der Waals surface area contributed by atoms with Crippen LogP contribution < -0.4 is 5.32 Å². The Bertz CT molecular complexity index is 589. The summed E-state index contributed by atoms with van der Waals surface area (Å²) in [5, 5.41) is 3.53. The first kappa shape index (κ1) is 14.4. The van der Waals surface area contributed by atoms with Gasteiger partial charge in [0.1, 0.15) is 15.7 Å². The summed E-state index contributed by atoms with van der Waals surface area (Å²) in [5.74, 6) is 1.34. The molecule has 1 N–H and O–H groups in total. The highest BCUT2D eigenvalue weighted by atomic mass is 32.2. The van der Waals surface area contributed by atoms with E-state index in [4.69, 9.17) is 0 Å². The zero-order valence-corrected chi connectivity index (χ0v) is 12.8. The first-order valence-electron chi connectivity index (χ1n) is 6.92. The zero-order valence-electron chi connectivity index (χ0n) is 11.1. The standard InChI is InChI=1S/C14H18FNO2S2/c15-10-1-2-14-12(9-10)13(3-6-19-14)16-11-4-7-20(17,18)8-5-11/h1-2,9,11,13,16H,3-8H2. The fraction of sp³-hybridized carbons (Fsp3) is 0.571. The molecule has 1 saturated heterocycles. The largest absolute Gasteiger partial charge is 0.307 e. The van der Waals surface area contributed by atoms with Crippen molar-refractivity contribution in [3.05, 3.63) is 29.6 Å². The van der Waals surface area contributed by atoms with E-state index in [9.17, 15) is 12.8 Å². The van der Waals surface area contributed by atoms with Crippen molar-refractivity contribution in [1.29, 1.82) is 0 Å². The van der Waals surface area contributed by atoms with Crippen LogP contribution in [0.25, 0.3) is 0 Å². The highest BCUT2D eigenvalue weighted by molar-refractivity contribution is 7.99. The maximum absolute atomic E-state index is 13.4. The van der Waals surface area contributed by atoms with Crippen LogP contribution in [-0.2, 0) is 9.84 Å². The van der Waals surface area contributed by atoms with Crippen molar-refractivity contribution in [3.63, 3.8) is 0 Å². The average molecular weight is 315 g/mol. The fourth-order valence-corrected chi connectivity index (χ4v) is 5.48. The Kier molecular flexibility index (Phi) is 4.06. The highest BCUT2D eigenvalue weighted by Crippen LogP contribution is 2.37. The molecule has 1 aromatic carbocycles. The van der Waals surface area contributed by atoms with Crippen molar-refractivity contribution >= 4 is 21.6 Å². The molecule has 2 aliphatic heterocycles. The van der Waals surface area contributed by atoms with Crippen LogP contribution in [0.4, 0.5) is 4.39 Å². The summed E-state index contributed by atoms with van der Waals surface area (Å²) in [7, 11) is -2.83. The van der Waals surface area contributed by atoms with E-state index >= 15 is 0 Å². The summed E-state index contributed by atoms with van der Waals surface area (Å²) in [6, 6.07) is 5.32. The predicted molar refractivity (Wildman–Crippen MR) is 79.3 cm³/mol. The van der Waals surface area contributed by atoms with Gasteiger partial charge in [0.05, 0.1) is 11.5 Å². The molecule has 2 heterocycles. The van der Waals surface area contributed by atoms with E-state index in [1.54, 1.807) is 17.8 Å². The van der Waals surface area contributed by atoms with Crippen molar-refractivity contribution in [2.45, 2.75) is 36.2 Å². The Labute approximate surface area is 123 Å². The minimum Gasteiger partial charge on any atom is -0.307 e. The van der Waals surface area contributed by atoms with Gasteiger partial charge in [-0.15, -0.1) is 11.8 Å². The van der Waals surface area contributed by atoms with Crippen LogP contribution in [0.2, 0.25) is 0 Å². The van der Waals surface area contributed by atoms with Gasteiger partial charge in [0.25, 0.3) is 0 Å². The summed E-state index contributed by atoms with van der Waals surface area (Å²) >= 11 is 1.76. The fourth-order valence-electron chi connectivity index (χ4n) is 2.88. The molecule has 0 bridgehead atoms. The molecule has 0 amide bonds. The third-order valence-corrected chi connectivity index (χ3v) is 6.84. The maximum Gasteiger partial charge on any atom is 0.150 e. The molecular weight excluding hydrogens is 297 g/mol. The molecular formula is C14H18FNO2S2. The van der Waals surface area contributed by atoms with Crippen LogP contribution in [0.15, 0.2) is 23.1 Å². The van der Waals surface area contributed by atoms with Crippen LogP contribution >= 0.6 is 11.8 Å². The van der Waals surface area contributed by atoms with Crippen LogP contribution in [-0.4, -0.2) is 31.7 Å². The minimum absolute atomic E-state index is 0.146. The number of sulfone groups is 1. The topological polar surface area (TPSA) is 46.2 Å². The Hall–Kier alpha value is -0.590. The van der Waals surface area contributed by atoms with Gasteiger partial charge in [-0.2, -0.15) is 0 Å². The van der Waals surface area contributed by atoms with E-state index in [1.807, 2.05) is 6.07 Å².